The second kappa shape index (κ2) is 5.40. The fourth-order valence-corrected chi connectivity index (χ4v) is 2.17. The van der Waals surface area contributed by atoms with Crippen molar-refractivity contribution >= 4 is 22.6 Å². The third-order valence-electron chi connectivity index (χ3n) is 2.92. The lowest BCUT2D eigenvalue weighted by Crippen LogP contribution is -2.28. The van der Waals surface area contributed by atoms with Gasteiger partial charge in [-0.05, 0) is 24.1 Å². The molecule has 4 nitrogen and oxygen atoms in total. The molecule has 18 heavy (non-hydrogen) atoms. The zero-order valence-corrected chi connectivity index (χ0v) is 10.9. The number of halogens is 1. The molecule has 1 heterocycles. The molecule has 0 aliphatic heterocycles. The second-order valence-corrected chi connectivity index (χ2v) is 4.85. The van der Waals surface area contributed by atoms with E-state index in [1.165, 1.54) is 0 Å². The number of unbranched alkanes of at least 4 members (excludes halogenated alkanes) is 1. The number of aromatic amines is 2. The zero-order valence-electron chi connectivity index (χ0n) is 10.1. The van der Waals surface area contributed by atoms with Gasteiger partial charge in [-0.2, -0.15) is 0 Å². The Hall–Kier alpha value is -1.55. The first kappa shape index (κ1) is 12.9. The largest absolute Gasteiger partial charge is 0.316 e. The van der Waals surface area contributed by atoms with Gasteiger partial charge in [0.15, 0.2) is 0 Å². The monoisotopic (exact) mass is 266 g/mol. The van der Waals surface area contributed by atoms with Crippen LogP contribution in [0.1, 0.15) is 37.1 Å². The zero-order chi connectivity index (χ0) is 13.1. The minimum absolute atomic E-state index is 0.0650. The van der Waals surface area contributed by atoms with Crippen LogP contribution in [0.4, 0.5) is 0 Å². The van der Waals surface area contributed by atoms with Gasteiger partial charge < -0.3 is 9.97 Å². The summed E-state index contributed by atoms with van der Waals surface area (Å²) in [4.78, 5) is 27.5. The van der Waals surface area contributed by atoms with Crippen molar-refractivity contribution in [3.05, 3.63) is 44.5 Å². The Kier molecular flexibility index (Phi) is 3.87. The molecule has 0 bridgehead atoms. The summed E-state index contributed by atoms with van der Waals surface area (Å²) in [6.07, 6.45) is 3.06. The summed E-state index contributed by atoms with van der Waals surface area (Å²) >= 11 is 6.29. The minimum atomic E-state index is -0.640. The van der Waals surface area contributed by atoms with Crippen molar-refractivity contribution in [1.29, 1.82) is 0 Å². The summed E-state index contributed by atoms with van der Waals surface area (Å²) in [6, 6.07) is 5.47. The third kappa shape index (κ3) is 2.64. The van der Waals surface area contributed by atoms with Crippen LogP contribution in [-0.4, -0.2) is 9.97 Å². The highest BCUT2D eigenvalue weighted by atomic mass is 35.5. The smallest absolute Gasteiger partial charge is 0.314 e. The van der Waals surface area contributed by atoms with E-state index in [4.69, 9.17) is 11.6 Å². The molecule has 1 unspecified atom stereocenters. The Bertz CT molecular complexity index is 660. The maximum Gasteiger partial charge on any atom is 0.314 e. The van der Waals surface area contributed by atoms with Crippen molar-refractivity contribution in [2.75, 3.05) is 0 Å². The van der Waals surface area contributed by atoms with Crippen LogP contribution in [0.3, 0.4) is 0 Å². The van der Waals surface area contributed by atoms with Crippen molar-refractivity contribution in [3.63, 3.8) is 0 Å². The molecule has 0 saturated heterocycles. The van der Waals surface area contributed by atoms with Gasteiger partial charge in [0.25, 0.3) is 0 Å². The quantitative estimate of drug-likeness (QED) is 0.660. The molecular formula is C13H15ClN2O2. The van der Waals surface area contributed by atoms with Crippen LogP contribution in [0, 0.1) is 0 Å². The third-order valence-corrected chi connectivity index (χ3v) is 3.39. The van der Waals surface area contributed by atoms with Crippen molar-refractivity contribution in [3.8, 4) is 0 Å². The Morgan fingerprint density at radius 1 is 1.17 bits per heavy atom. The minimum Gasteiger partial charge on any atom is -0.316 e. The maximum absolute atomic E-state index is 11.3. The average Bonchev–Trinajstić information content (AvgIpc) is 2.36. The van der Waals surface area contributed by atoms with E-state index in [0.717, 1.165) is 24.8 Å². The first-order chi connectivity index (χ1) is 8.61. The molecule has 0 aliphatic carbocycles. The van der Waals surface area contributed by atoms with Gasteiger partial charge in [0.2, 0.25) is 0 Å². The lowest BCUT2D eigenvalue weighted by atomic mass is 10.1. The molecule has 5 heteroatoms. The fraction of sp³-hybridized carbons (Fsp3) is 0.385. The highest BCUT2D eigenvalue weighted by Gasteiger charge is 2.08. The summed E-state index contributed by atoms with van der Waals surface area (Å²) in [7, 11) is 0. The van der Waals surface area contributed by atoms with Crippen LogP contribution in [0.5, 0.6) is 0 Å². The first-order valence-electron chi connectivity index (χ1n) is 6.02. The van der Waals surface area contributed by atoms with Gasteiger partial charge >= 0.3 is 11.1 Å². The Morgan fingerprint density at radius 3 is 2.50 bits per heavy atom. The van der Waals surface area contributed by atoms with E-state index in [1.54, 1.807) is 6.07 Å². The van der Waals surface area contributed by atoms with Gasteiger partial charge in [-0.1, -0.05) is 25.8 Å². The van der Waals surface area contributed by atoms with Crippen LogP contribution in [0.2, 0.25) is 0 Å². The van der Waals surface area contributed by atoms with Crippen molar-refractivity contribution in [2.24, 2.45) is 0 Å². The van der Waals surface area contributed by atoms with Gasteiger partial charge in [0, 0.05) is 0 Å². The van der Waals surface area contributed by atoms with Crippen LogP contribution >= 0.6 is 11.6 Å². The lowest BCUT2D eigenvalue weighted by Gasteiger charge is -2.09. The molecule has 1 atom stereocenters. The number of rotatable bonds is 4. The van der Waals surface area contributed by atoms with Crippen LogP contribution in [0.15, 0.2) is 27.8 Å². The molecule has 96 valence electrons. The molecule has 0 radical (unpaired) electrons. The number of benzene rings is 1. The van der Waals surface area contributed by atoms with E-state index in [9.17, 15) is 9.59 Å². The summed E-state index contributed by atoms with van der Waals surface area (Å²) in [5, 5.41) is -0.0650. The van der Waals surface area contributed by atoms with Crippen LogP contribution in [0.25, 0.3) is 11.0 Å². The van der Waals surface area contributed by atoms with E-state index >= 15 is 0 Å². The second-order valence-electron chi connectivity index (χ2n) is 4.32. The number of hydrogen-bond acceptors (Lipinski definition) is 2. The standard InChI is InChI=1S/C13H15ClN2O2/c1-2-3-4-9(14)8-5-6-10-11(7-8)16-13(18)12(17)15-10/h5-7,9H,2-4H2,1H3,(H,15,17)(H,16,18). The van der Waals surface area contributed by atoms with Gasteiger partial charge in [0.1, 0.15) is 0 Å². The van der Waals surface area contributed by atoms with Gasteiger partial charge in [0.05, 0.1) is 16.4 Å². The number of fused-ring (bicyclic) bond motifs is 1. The van der Waals surface area contributed by atoms with E-state index < -0.39 is 11.1 Å². The predicted molar refractivity (Wildman–Crippen MR) is 73.3 cm³/mol. The van der Waals surface area contributed by atoms with Crippen molar-refractivity contribution < 1.29 is 0 Å². The molecule has 2 N–H and O–H groups in total. The average molecular weight is 267 g/mol. The highest BCUT2D eigenvalue weighted by molar-refractivity contribution is 6.20. The topological polar surface area (TPSA) is 65.7 Å². The number of H-pyrrole nitrogens is 2. The Labute approximate surface area is 109 Å². The van der Waals surface area contributed by atoms with Gasteiger partial charge in [-0.15, -0.1) is 11.6 Å². The Morgan fingerprint density at radius 2 is 1.83 bits per heavy atom. The van der Waals surface area contributed by atoms with E-state index in [1.807, 2.05) is 12.1 Å². The van der Waals surface area contributed by atoms with E-state index in [2.05, 4.69) is 16.9 Å². The molecular weight excluding hydrogens is 252 g/mol. The van der Waals surface area contributed by atoms with E-state index in [-0.39, 0.29) is 5.38 Å². The van der Waals surface area contributed by atoms with Crippen molar-refractivity contribution in [2.45, 2.75) is 31.6 Å². The summed E-state index contributed by atoms with van der Waals surface area (Å²) in [6.45, 7) is 2.12. The number of nitrogens with one attached hydrogen (secondary N) is 2. The van der Waals surface area contributed by atoms with E-state index in [0.29, 0.717) is 11.0 Å². The van der Waals surface area contributed by atoms with Crippen LogP contribution in [-0.2, 0) is 0 Å². The fourth-order valence-electron chi connectivity index (χ4n) is 1.88. The normalized spacial score (nSPS) is 12.8. The number of aromatic nitrogens is 2. The number of alkyl halides is 1. The SMILES string of the molecule is CCCCC(Cl)c1ccc2[nH]c(=O)c(=O)[nH]c2c1. The molecule has 0 saturated carbocycles. The summed E-state index contributed by atoms with van der Waals surface area (Å²) < 4.78 is 0. The highest BCUT2D eigenvalue weighted by Crippen LogP contribution is 2.27. The summed E-state index contributed by atoms with van der Waals surface area (Å²) in [5.74, 6) is 0. The maximum atomic E-state index is 11.3. The molecule has 2 rings (SSSR count). The summed E-state index contributed by atoms with van der Waals surface area (Å²) in [5.41, 5.74) is 0.908. The predicted octanol–water partition coefficient (Wildman–Crippen LogP) is 2.69. The molecule has 2 aromatic rings. The molecule has 0 spiro atoms. The number of hydrogen-bond donors (Lipinski definition) is 2. The lowest BCUT2D eigenvalue weighted by molar-refractivity contribution is 0.701. The molecule has 1 aromatic heterocycles. The van der Waals surface area contributed by atoms with Gasteiger partial charge in [-0.3, -0.25) is 9.59 Å². The molecule has 0 aliphatic rings. The van der Waals surface area contributed by atoms with Crippen LogP contribution < -0.4 is 11.1 Å². The molecule has 0 fully saturated rings. The van der Waals surface area contributed by atoms with Gasteiger partial charge in [-0.25, -0.2) is 0 Å². The molecule has 1 aromatic carbocycles. The van der Waals surface area contributed by atoms with Crippen molar-refractivity contribution in [1.82, 2.24) is 9.97 Å². The Balaban J connectivity index is 2.41. The first-order valence-corrected chi connectivity index (χ1v) is 6.45. The molecule has 0 amide bonds.